The number of rotatable bonds is 2. The number of nitrogens with zero attached hydrogens (tertiary/aromatic N) is 2. The van der Waals surface area contributed by atoms with Crippen molar-refractivity contribution in [3.05, 3.63) is 34.1 Å². The second kappa shape index (κ2) is 5.90. The largest absolute Gasteiger partial charge is 0.334 e. The van der Waals surface area contributed by atoms with Gasteiger partial charge in [-0.3, -0.25) is 0 Å². The Bertz CT molecular complexity index is 609. The first-order chi connectivity index (χ1) is 9.10. The summed E-state index contributed by atoms with van der Waals surface area (Å²) in [7, 11) is 0. The Hall–Kier alpha value is -0.810. The smallest absolute Gasteiger partial charge is 0.259 e. The van der Waals surface area contributed by atoms with Gasteiger partial charge < -0.3 is 10.3 Å². The Kier molecular flexibility index (Phi) is 4.59. The van der Waals surface area contributed by atoms with Gasteiger partial charge in [0.1, 0.15) is 0 Å². The van der Waals surface area contributed by atoms with Crippen LogP contribution in [0.25, 0.3) is 11.5 Å². The van der Waals surface area contributed by atoms with Crippen molar-refractivity contribution in [2.45, 2.75) is 31.2 Å². The van der Waals surface area contributed by atoms with Gasteiger partial charge in [-0.1, -0.05) is 47.3 Å². The van der Waals surface area contributed by atoms with Crippen LogP contribution in [-0.2, 0) is 5.54 Å². The molecule has 0 atom stereocenters. The highest BCUT2D eigenvalue weighted by Crippen LogP contribution is 2.37. The normalized spacial score (nSPS) is 16.9. The fraction of sp³-hybridized carbons (Fsp3) is 0.385. The molecule has 0 bridgehead atoms. The molecule has 0 aliphatic heterocycles. The van der Waals surface area contributed by atoms with E-state index in [4.69, 9.17) is 33.5 Å². The number of nitrogens with two attached hydrogens (primary N) is 1. The van der Waals surface area contributed by atoms with E-state index in [2.05, 4.69) is 10.1 Å². The lowest BCUT2D eigenvalue weighted by Crippen LogP contribution is -2.34. The van der Waals surface area contributed by atoms with Gasteiger partial charge in [0, 0.05) is 0 Å². The van der Waals surface area contributed by atoms with Crippen LogP contribution in [0.15, 0.2) is 22.7 Å². The maximum absolute atomic E-state index is 6.30. The molecular weight excluding hydrogens is 321 g/mol. The monoisotopic (exact) mass is 333 g/mol. The zero-order chi connectivity index (χ0) is 13.5. The average molecular weight is 335 g/mol. The van der Waals surface area contributed by atoms with E-state index >= 15 is 0 Å². The summed E-state index contributed by atoms with van der Waals surface area (Å²) in [4.78, 5) is 4.39. The van der Waals surface area contributed by atoms with Gasteiger partial charge >= 0.3 is 0 Å². The van der Waals surface area contributed by atoms with Crippen molar-refractivity contribution in [3.8, 4) is 11.5 Å². The third kappa shape index (κ3) is 2.66. The molecule has 0 saturated heterocycles. The highest BCUT2D eigenvalue weighted by Gasteiger charge is 2.36. The van der Waals surface area contributed by atoms with E-state index in [-0.39, 0.29) is 12.4 Å². The van der Waals surface area contributed by atoms with Crippen molar-refractivity contribution in [1.82, 2.24) is 10.1 Å². The summed E-state index contributed by atoms with van der Waals surface area (Å²) in [6.45, 7) is 0. The van der Waals surface area contributed by atoms with E-state index in [1.165, 1.54) is 0 Å². The van der Waals surface area contributed by atoms with Crippen LogP contribution >= 0.6 is 35.6 Å². The van der Waals surface area contributed by atoms with Crippen LogP contribution in [-0.4, -0.2) is 10.1 Å². The Morgan fingerprint density at radius 3 is 2.60 bits per heavy atom. The molecule has 2 N–H and O–H groups in total. The van der Waals surface area contributed by atoms with E-state index < -0.39 is 5.54 Å². The van der Waals surface area contributed by atoms with Gasteiger partial charge in [-0.15, -0.1) is 12.4 Å². The molecule has 1 saturated carbocycles. The van der Waals surface area contributed by atoms with Crippen molar-refractivity contribution in [2.75, 3.05) is 0 Å². The van der Waals surface area contributed by atoms with Crippen LogP contribution in [0.4, 0.5) is 0 Å². The highest BCUT2D eigenvalue weighted by molar-refractivity contribution is 6.43. The molecule has 1 heterocycles. The maximum atomic E-state index is 6.30. The molecule has 0 unspecified atom stereocenters. The molecular formula is C13H14Cl3N3O. The topological polar surface area (TPSA) is 64.9 Å². The van der Waals surface area contributed by atoms with Gasteiger partial charge in [-0.05, 0) is 25.0 Å². The van der Waals surface area contributed by atoms with E-state index in [1.807, 2.05) is 0 Å². The van der Waals surface area contributed by atoms with E-state index in [0.717, 1.165) is 25.7 Å². The summed E-state index contributed by atoms with van der Waals surface area (Å²) in [6, 6.07) is 5.30. The molecule has 20 heavy (non-hydrogen) atoms. The first kappa shape index (κ1) is 15.6. The molecule has 1 aromatic carbocycles. The molecule has 7 heteroatoms. The highest BCUT2D eigenvalue weighted by atomic mass is 35.5. The van der Waals surface area contributed by atoms with Gasteiger partial charge in [0.05, 0.1) is 21.1 Å². The second-order valence-electron chi connectivity index (χ2n) is 4.89. The lowest BCUT2D eigenvalue weighted by molar-refractivity contribution is 0.372. The van der Waals surface area contributed by atoms with Crippen LogP contribution in [0.5, 0.6) is 0 Å². The predicted molar refractivity (Wildman–Crippen MR) is 81.3 cm³/mol. The molecule has 1 aromatic heterocycles. The van der Waals surface area contributed by atoms with Gasteiger partial charge in [-0.2, -0.15) is 4.98 Å². The standard InChI is InChI=1S/C13H13Cl2N3O.ClH/c14-9-5-3-4-8(10(9)15)11-17-12(18-19-11)13(16)6-1-2-7-13;/h3-5H,1-2,6-7,16H2;1H. The minimum Gasteiger partial charge on any atom is -0.334 e. The van der Waals surface area contributed by atoms with Crippen molar-refractivity contribution in [2.24, 2.45) is 5.73 Å². The molecule has 1 aliphatic rings. The first-order valence-corrected chi connectivity index (χ1v) is 6.93. The van der Waals surface area contributed by atoms with Crippen LogP contribution in [0.1, 0.15) is 31.5 Å². The second-order valence-corrected chi connectivity index (χ2v) is 5.67. The van der Waals surface area contributed by atoms with Crippen molar-refractivity contribution in [3.63, 3.8) is 0 Å². The molecule has 108 valence electrons. The minimum absolute atomic E-state index is 0. The quantitative estimate of drug-likeness (QED) is 0.894. The Labute approximate surface area is 133 Å². The van der Waals surface area contributed by atoms with Crippen LogP contribution < -0.4 is 5.73 Å². The van der Waals surface area contributed by atoms with Crippen LogP contribution in [0.2, 0.25) is 10.0 Å². The fourth-order valence-electron chi connectivity index (χ4n) is 2.43. The lowest BCUT2D eigenvalue weighted by atomic mass is 9.99. The average Bonchev–Trinajstić information content (AvgIpc) is 3.02. The number of hydrogen-bond donors (Lipinski definition) is 1. The predicted octanol–water partition coefficient (Wildman–Crippen LogP) is 4.19. The minimum atomic E-state index is -0.465. The summed E-state index contributed by atoms with van der Waals surface area (Å²) in [6.07, 6.45) is 3.96. The zero-order valence-corrected chi connectivity index (χ0v) is 12.9. The lowest BCUT2D eigenvalue weighted by Gasteiger charge is -2.17. The Morgan fingerprint density at radius 2 is 1.90 bits per heavy atom. The molecule has 3 rings (SSSR count). The van der Waals surface area contributed by atoms with Crippen molar-refractivity contribution in [1.29, 1.82) is 0 Å². The van der Waals surface area contributed by atoms with E-state index in [9.17, 15) is 0 Å². The number of hydrogen-bond acceptors (Lipinski definition) is 4. The number of aromatic nitrogens is 2. The molecule has 0 amide bonds. The van der Waals surface area contributed by atoms with Crippen LogP contribution in [0.3, 0.4) is 0 Å². The molecule has 0 radical (unpaired) electrons. The summed E-state index contributed by atoms with van der Waals surface area (Å²) >= 11 is 12.1. The van der Waals surface area contributed by atoms with Crippen molar-refractivity contribution >= 4 is 35.6 Å². The molecule has 1 fully saturated rings. The summed E-state index contributed by atoms with van der Waals surface area (Å²) in [5.74, 6) is 0.912. The Morgan fingerprint density at radius 1 is 1.20 bits per heavy atom. The first-order valence-electron chi connectivity index (χ1n) is 6.18. The summed E-state index contributed by atoms with van der Waals surface area (Å²) in [5, 5.41) is 4.88. The Balaban J connectivity index is 0.00000147. The molecule has 0 spiro atoms. The third-order valence-corrected chi connectivity index (χ3v) is 4.37. The van der Waals surface area contributed by atoms with E-state index in [0.29, 0.717) is 27.3 Å². The number of halogens is 3. The van der Waals surface area contributed by atoms with Gasteiger partial charge in [0.2, 0.25) is 0 Å². The van der Waals surface area contributed by atoms with Gasteiger partial charge in [-0.25, -0.2) is 0 Å². The van der Waals surface area contributed by atoms with Crippen molar-refractivity contribution < 1.29 is 4.52 Å². The molecule has 4 nitrogen and oxygen atoms in total. The van der Waals surface area contributed by atoms with Gasteiger partial charge in [0.15, 0.2) is 5.82 Å². The van der Waals surface area contributed by atoms with Crippen LogP contribution in [0, 0.1) is 0 Å². The molecule has 1 aliphatic carbocycles. The SMILES string of the molecule is Cl.NC1(c2noc(-c3cccc(Cl)c3Cl)n2)CCCC1. The third-order valence-electron chi connectivity index (χ3n) is 3.55. The number of benzene rings is 1. The fourth-order valence-corrected chi connectivity index (χ4v) is 2.81. The molecule has 2 aromatic rings. The summed E-state index contributed by atoms with van der Waals surface area (Å²) in [5.41, 5.74) is 6.46. The van der Waals surface area contributed by atoms with E-state index in [1.54, 1.807) is 18.2 Å². The zero-order valence-electron chi connectivity index (χ0n) is 10.6. The maximum Gasteiger partial charge on any atom is 0.259 e. The summed E-state index contributed by atoms with van der Waals surface area (Å²) < 4.78 is 5.28. The van der Waals surface area contributed by atoms with Gasteiger partial charge in [0.25, 0.3) is 5.89 Å².